The Balaban J connectivity index is 0.000000208. The third-order valence-corrected chi connectivity index (χ3v) is 6.81. The van der Waals surface area contributed by atoms with Crippen molar-refractivity contribution in [3.8, 4) is 0 Å². The van der Waals surface area contributed by atoms with E-state index in [1.807, 2.05) is 24.3 Å². The van der Waals surface area contributed by atoms with Gasteiger partial charge in [-0.05, 0) is 87.3 Å². The first-order valence-electron chi connectivity index (χ1n) is 12.1. The largest absolute Gasteiger partial charge is 0.473 e. The van der Waals surface area contributed by atoms with Crippen molar-refractivity contribution in [3.63, 3.8) is 0 Å². The van der Waals surface area contributed by atoms with Gasteiger partial charge in [0.05, 0.1) is 0 Å². The Kier molecular flexibility index (Phi) is 13.2. The van der Waals surface area contributed by atoms with Gasteiger partial charge in [0, 0.05) is 35.2 Å². The molecule has 6 N–H and O–H groups in total. The summed E-state index contributed by atoms with van der Waals surface area (Å²) in [5, 5.41) is 16.4. The molecule has 198 valence electrons. The molecular weight excluding hydrogens is 503 g/mol. The first-order valence-corrected chi connectivity index (χ1v) is 12.9. The van der Waals surface area contributed by atoms with Crippen molar-refractivity contribution in [1.82, 2.24) is 9.80 Å². The average Bonchev–Trinajstić information content (AvgIpc) is 3.59. The Morgan fingerprint density at radius 3 is 1.17 bits per heavy atom. The van der Waals surface area contributed by atoms with E-state index < -0.39 is 11.9 Å². The topological polar surface area (TPSA) is 133 Å². The molecule has 8 nitrogen and oxygen atoms in total. The smallest absolute Gasteiger partial charge is 0.414 e. The fraction of sp³-hybridized carbons (Fsp3) is 0.462. The van der Waals surface area contributed by atoms with Crippen LogP contribution in [0.25, 0.3) is 0 Å². The standard InChI is InChI=1S/2C12H17ClN2.C2H2O4/c2*13-11-5-3-10(4-6-11)12(9-14)15-7-1-2-8-15;3-1(4)2(5)6/h2*3-6,12H,1-2,7-9,14H2;(H,3,4)(H,5,6). The third kappa shape index (κ3) is 9.69. The van der Waals surface area contributed by atoms with Crippen molar-refractivity contribution in [3.05, 3.63) is 69.7 Å². The minimum atomic E-state index is -1.82. The summed E-state index contributed by atoms with van der Waals surface area (Å²) in [6, 6.07) is 16.8. The molecule has 0 bridgehead atoms. The molecule has 2 heterocycles. The van der Waals surface area contributed by atoms with Crippen LogP contribution in [0.2, 0.25) is 10.0 Å². The van der Waals surface area contributed by atoms with Crippen molar-refractivity contribution in [2.75, 3.05) is 39.3 Å². The van der Waals surface area contributed by atoms with Gasteiger partial charge in [0.2, 0.25) is 0 Å². The Morgan fingerprint density at radius 1 is 0.667 bits per heavy atom. The van der Waals surface area contributed by atoms with Crippen molar-refractivity contribution >= 4 is 35.1 Å². The Hall–Kier alpha value is -2.20. The zero-order valence-electron chi connectivity index (χ0n) is 20.4. The number of halogens is 2. The zero-order valence-corrected chi connectivity index (χ0v) is 21.9. The van der Waals surface area contributed by atoms with Crippen LogP contribution in [-0.2, 0) is 9.59 Å². The zero-order chi connectivity index (χ0) is 26.5. The number of nitrogens with zero attached hydrogens (tertiary/aromatic N) is 2. The highest BCUT2D eigenvalue weighted by Gasteiger charge is 2.22. The highest BCUT2D eigenvalue weighted by atomic mass is 35.5. The van der Waals surface area contributed by atoms with Crippen LogP contribution in [0.15, 0.2) is 48.5 Å². The highest BCUT2D eigenvalue weighted by molar-refractivity contribution is 6.30. The first-order chi connectivity index (χ1) is 17.3. The fourth-order valence-electron chi connectivity index (χ4n) is 4.47. The Labute approximate surface area is 222 Å². The summed E-state index contributed by atoms with van der Waals surface area (Å²) in [7, 11) is 0. The molecular formula is C26H36Cl2N4O4. The maximum absolute atomic E-state index is 9.10. The van der Waals surface area contributed by atoms with Gasteiger partial charge < -0.3 is 21.7 Å². The molecule has 2 aromatic carbocycles. The maximum Gasteiger partial charge on any atom is 0.414 e. The number of likely N-dealkylation sites (tertiary alicyclic amines) is 2. The van der Waals surface area contributed by atoms with E-state index in [1.165, 1.54) is 63.0 Å². The van der Waals surface area contributed by atoms with E-state index in [9.17, 15) is 0 Å². The third-order valence-electron chi connectivity index (χ3n) is 6.30. The van der Waals surface area contributed by atoms with Gasteiger partial charge in [-0.25, -0.2) is 9.59 Å². The van der Waals surface area contributed by atoms with Crippen LogP contribution in [0.4, 0.5) is 0 Å². The highest BCUT2D eigenvalue weighted by Crippen LogP contribution is 2.26. The Bertz CT molecular complexity index is 854. The predicted molar refractivity (Wildman–Crippen MR) is 143 cm³/mol. The van der Waals surface area contributed by atoms with Crippen LogP contribution in [0.3, 0.4) is 0 Å². The summed E-state index contributed by atoms with van der Waals surface area (Å²) in [5.74, 6) is -3.65. The quantitative estimate of drug-likeness (QED) is 0.405. The Morgan fingerprint density at radius 2 is 0.944 bits per heavy atom. The number of carbonyl (C=O) groups is 2. The van der Waals surface area contributed by atoms with Crippen LogP contribution in [-0.4, -0.2) is 71.2 Å². The molecule has 2 saturated heterocycles. The lowest BCUT2D eigenvalue weighted by molar-refractivity contribution is -0.159. The summed E-state index contributed by atoms with van der Waals surface area (Å²) in [6.45, 7) is 6.05. The number of benzene rings is 2. The van der Waals surface area contributed by atoms with Gasteiger partial charge in [0.1, 0.15) is 0 Å². The van der Waals surface area contributed by atoms with E-state index in [4.69, 9.17) is 54.5 Å². The molecule has 2 unspecified atom stereocenters. The van der Waals surface area contributed by atoms with Gasteiger partial charge in [0.25, 0.3) is 0 Å². The van der Waals surface area contributed by atoms with Crippen LogP contribution < -0.4 is 11.5 Å². The SMILES string of the molecule is NCC(c1ccc(Cl)cc1)N1CCCC1.NCC(c1ccc(Cl)cc1)N1CCCC1.O=C(O)C(=O)O. The van der Waals surface area contributed by atoms with Crippen molar-refractivity contribution < 1.29 is 19.8 Å². The number of aliphatic carboxylic acids is 2. The second kappa shape index (κ2) is 15.8. The van der Waals surface area contributed by atoms with Crippen molar-refractivity contribution in [2.45, 2.75) is 37.8 Å². The van der Waals surface area contributed by atoms with Gasteiger partial charge in [-0.15, -0.1) is 0 Å². The minimum absolute atomic E-state index is 0.366. The number of carboxylic acids is 2. The summed E-state index contributed by atoms with van der Waals surface area (Å²) >= 11 is 11.7. The normalized spacial score (nSPS) is 17.3. The molecule has 0 saturated carbocycles. The minimum Gasteiger partial charge on any atom is -0.473 e. The van der Waals surface area contributed by atoms with E-state index in [0.29, 0.717) is 25.2 Å². The molecule has 0 radical (unpaired) electrons. The number of carboxylic acid groups (broad SMARTS) is 2. The van der Waals surface area contributed by atoms with Gasteiger partial charge in [-0.2, -0.15) is 0 Å². The van der Waals surface area contributed by atoms with Crippen molar-refractivity contribution in [1.29, 1.82) is 0 Å². The molecule has 0 amide bonds. The molecule has 0 aliphatic carbocycles. The monoisotopic (exact) mass is 538 g/mol. The lowest BCUT2D eigenvalue weighted by Crippen LogP contribution is -2.31. The van der Waals surface area contributed by atoms with Crippen LogP contribution >= 0.6 is 23.2 Å². The number of hydrogen-bond donors (Lipinski definition) is 4. The summed E-state index contributed by atoms with van der Waals surface area (Å²) in [6.07, 6.45) is 5.18. The summed E-state index contributed by atoms with van der Waals surface area (Å²) < 4.78 is 0. The molecule has 36 heavy (non-hydrogen) atoms. The average molecular weight is 540 g/mol. The van der Waals surface area contributed by atoms with Gasteiger partial charge in [0.15, 0.2) is 0 Å². The molecule has 2 aliphatic rings. The summed E-state index contributed by atoms with van der Waals surface area (Å²) in [4.78, 5) is 23.1. The molecule has 2 aromatic rings. The molecule has 2 atom stereocenters. The van der Waals surface area contributed by atoms with E-state index in [-0.39, 0.29) is 0 Å². The van der Waals surface area contributed by atoms with Crippen LogP contribution in [0.5, 0.6) is 0 Å². The number of rotatable bonds is 6. The lowest BCUT2D eigenvalue weighted by Gasteiger charge is -2.26. The van der Waals surface area contributed by atoms with E-state index >= 15 is 0 Å². The predicted octanol–water partition coefficient (Wildman–Crippen LogP) is 4.03. The summed E-state index contributed by atoms with van der Waals surface area (Å²) in [5.41, 5.74) is 14.3. The second-order valence-corrected chi connectivity index (χ2v) is 9.58. The fourth-order valence-corrected chi connectivity index (χ4v) is 4.72. The van der Waals surface area contributed by atoms with Crippen molar-refractivity contribution in [2.24, 2.45) is 11.5 Å². The number of nitrogens with two attached hydrogens (primary N) is 2. The number of hydrogen-bond acceptors (Lipinski definition) is 6. The van der Waals surface area contributed by atoms with E-state index in [0.717, 1.165) is 10.0 Å². The van der Waals surface area contributed by atoms with Gasteiger partial charge >= 0.3 is 11.9 Å². The molecule has 0 aromatic heterocycles. The molecule has 0 spiro atoms. The second-order valence-electron chi connectivity index (χ2n) is 8.70. The lowest BCUT2D eigenvalue weighted by atomic mass is 10.1. The van der Waals surface area contributed by atoms with Crippen LogP contribution in [0.1, 0.15) is 48.9 Å². The molecule has 2 fully saturated rings. The van der Waals surface area contributed by atoms with Gasteiger partial charge in [-0.1, -0.05) is 47.5 Å². The van der Waals surface area contributed by atoms with Gasteiger partial charge in [-0.3, -0.25) is 9.80 Å². The maximum atomic E-state index is 9.10. The molecule has 2 aliphatic heterocycles. The van der Waals surface area contributed by atoms with Crippen LogP contribution in [0, 0.1) is 0 Å². The van der Waals surface area contributed by atoms with E-state index in [1.54, 1.807) is 0 Å². The molecule has 4 rings (SSSR count). The first kappa shape index (κ1) is 30.0. The van der Waals surface area contributed by atoms with E-state index in [2.05, 4.69) is 34.1 Å². The molecule has 10 heteroatoms.